The van der Waals surface area contributed by atoms with Crippen molar-refractivity contribution < 1.29 is 9.59 Å². The monoisotopic (exact) mass is 281 g/mol. The van der Waals surface area contributed by atoms with Crippen molar-refractivity contribution in [2.24, 2.45) is 23.5 Å². The lowest BCUT2D eigenvalue weighted by molar-refractivity contribution is -0.134. The summed E-state index contributed by atoms with van der Waals surface area (Å²) in [5, 5.41) is 2.66. The molecule has 5 nitrogen and oxygen atoms in total. The Labute approximate surface area is 121 Å². The third-order valence-corrected chi connectivity index (χ3v) is 4.49. The lowest BCUT2D eigenvalue weighted by Crippen LogP contribution is -2.49. The van der Waals surface area contributed by atoms with E-state index in [0.717, 1.165) is 0 Å². The SMILES string of the molecule is CC(C)[C@H](N)C(=O)NCC(=O)N(C)C(C1CC1)C1CC1. The van der Waals surface area contributed by atoms with Crippen molar-refractivity contribution in [3.8, 4) is 0 Å². The van der Waals surface area contributed by atoms with Crippen molar-refractivity contribution >= 4 is 11.8 Å². The van der Waals surface area contributed by atoms with Gasteiger partial charge in [0.15, 0.2) is 0 Å². The highest BCUT2D eigenvalue weighted by molar-refractivity contribution is 5.87. The van der Waals surface area contributed by atoms with Crippen LogP contribution in [0.25, 0.3) is 0 Å². The lowest BCUT2D eigenvalue weighted by Gasteiger charge is -2.29. The molecule has 2 aliphatic rings. The second kappa shape index (κ2) is 6.12. The van der Waals surface area contributed by atoms with Gasteiger partial charge in [-0.25, -0.2) is 0 Å². The third kappa shape index (κ3) is 3.72. The van der Waals surface area contributed by atoms with Crippen LogP contribution in [0.2, 0.25) is 0 Å². The summed E-state index contributed by atoms with van der Waals surface area (Å²) in [7, 11) is 1.87. The number of nitrogens with one attached hydrogen (secondary N) is 1. The van der Waals surface area contributed by atoms with Crippen molar-refractivity contribution in [1.29, 1.82) is 0 Å². The Morgan fingerprint density at radius 1 is 1.20 bits per heavy atom. The van der Waals surface area contributed by atoms with E-state index in [0.29, 0.717) is 17.9 Å². The number of carbonyl (C=O) groups is 2. The molecule has 5 heteroatoms. The van der Waals surface area contributed by atoms with Gasteiger partial charge in [-0.3, -0.25) is 9.59 Å². The maximum absolute atomic E-state index is 12.2. The van der Waals surface area contributed by atoms with Gasteiger partial charge in [-0.15, -0.1) is 0 Å². The van der Waals surface area contributed by atoms with Gasteiger partial charge in [0.1, 0.15) is 0 Å². The van der Waals surface area contributed by atoms with Crippen LogP contribution >= 0.6 is 0 Å². The van der Waals surface area contributed by atoms with Gasteiger partial charge in [-0.1, -0.05) is 13.8 Å². The van der Waals surface area contributed by atoms with Crippen LogP contribution in [0, 0.1) is 17.8 Å². The number of nitrogens with two attached hydrogens (primary N) is 1. The number of amides is 2. The molecule has 0 bridgehead atoms. The first-order chi connectivity index (χ1) is 9.41. The fourth-order valence-corrected chi connectivity index (χ4v) is 2.77. The number of likely N-dealkylation sites (N-methyl/N-ethyl adjacent to an activating group) is 1. The highest BCUT2D eigenvalue weighted by Crippen LogP contribution is 2.46. The summed E-state index contributed by atoms with van der Waals surface area (Å²) in [6, 6.07) is -0.158. The summed E-state index contributed by atoms with van der Waals surface area (Å²) >= 11 is 0. The van der Waals surface area contributed by atoms with E-state index < -0.39 is 6.04 Å². The van der Waals surface area contributed by atoms with Crippen LogP contribution in [0.15, 0.2) is 0 Å². The Balaban J connectivity index is 1.80. The maximum atomic E-state index is 12.2. The summed E-state index contributed by atoms with van der Waals surface area (Å²) in [6.07, 6.45) is 4.96. The summed E-state index contributed by atoms with van der Waals surface area (Å²) in [4.78, 5) is 25.8. The third-order valence-electron chi connectivity index (χ3n) is 4.49. The molecule has 0 aromatic heterocycles. The van der Waals surface area contributed by atoms with E-state index in [1.807, 2.05) is 25.8 Å². The first-order valence-corrected chi connectivity index (χ1v) is 7.70. The van der Waals surface area contributed by atoms with Gasteiger partial charge in [0, 0.05) is 13.1 Å². The molecule has 2 aliphatic carbocycles. The zero-order chi connectivity index (χ0) is 14.9. The minimum absolute atomic E-state index is 0.00175. The van der Waals surface area contributed by atoms with Gasteiger partial charge in [0.05, 0.1) is 12.6 Å². The van der Waals surface area contributed by atoms with Gasteiger partial charge in [-0.05, 0) is 43.4 Å². The molecular weight excluding hydrogens is 254 g/mol. The van der Waals surface area contributed by atoms with Gasteiger partial charge in [-0.2, -0.15) is 0 Å². The van der Waals surface area contributed by atoms with Crippen molar-refractivity contribution in [3.05, 3.63) is 0 Å². The molecule has 0 aromatic carbocycles. The molecule has 0 saturated heterocycles. The molecule has 0 spiro atoms. The van der Waals surface area contributed by atoms with Crippen LogP contribution in [0.5, 0.6) is 0 Å². The summed E-state index contributed by atoms with van der Waals surface area (Å²) < 4.78 is 0. The molecule has 0 aromatic rings. The van der Waals surface area contributed by atoms with Gasteiger partial charge >= 0.3 is 0 Å². The molecule has 2 amide bonds. The Kier molecular flexibility index (Phi) is 4.68. The molecule has 3 N–H and O–H groups in total. The second-order valence-corrected chi connectivity index (χ2v) is 6.66. The smallest absolute Gasteiger partial charge is 0.241 e. The average molecular weight is 281 g/mol. The predicted octanol–water partition coefficient (Wildman–Crippen LogP) is 0.733. The minimum Gasteiger partial charge on any atom is -0.346 e. The fraction of sp³-hybridized carbons (Fsp3) is 0.867. The molecule has 2 rings (SSSR count). The van der Waals surface area contributed by atoms with E-state index in [2.05, 4.69) is 5.32 Å². The van der Waals surface area contributed by atoms with E-state index >= 15 is 0 Å². The fourth-order valence-electron chi connectivity index (χ4n) is 2.77. The molecule has 0 aliphatic heterocycles. The van der Waals surface area contributed by atoms with E-state index in [9.17, 15) is 9.59 Å². The summed E-state index contributed by atoms with van der Waals surface area (Å²) in [5.74, 6) is 1.21. The first kappa shape index (κ1) is 15.3. The molecule has 114 valence electrons. The number of nitrogens with zero attached hydrogens (tertiary/aromatic N) is 1. The number of hydrogen-bond acceptors (Lipinski definition) is 3. The summed E-state index contributed by atoms with van der Waals surface area (Å²) in [6.45, 7) is 3.86. The normalized spacial score (nSPS) is 20.1. The lowest BCUT2D eigenvalue weighted by atomic mass is 10.0. The molecule has 2 fully saturated rings. The standard InChI is InChI=1S/C15H27N3O2/c1-9(2)13(16)15(20)17-8-12(19)18(3)14(10-4-5-10)11-6-7-11/h9-11,13-14H,4-8,16H2,1-3H3,(H,17,20)/t13-/m0/s1. The zero-order valence-electron chi connectivity index (χ0n) is 12.8. The highest BCUT2D eigenvalue weighted by Gasteiger charge is 2.44. The van der Waals surface area contributed by atoms with Crippen molar-refractivity contribution in [2.45, 2.75) is 51.6 Å². The average Bonchev–Trinajstić information content (AvgIpc) is 3.27. The molecule has 0 unspecified atom stereocenters. The Bertz CT molecular complexity index is 363. The van der Waals surface area contributed by atoms with E-state index in [1.165, 1.54) is 25.7 Å². The first-order valence-electron chi connectivity index (χ1n) is 7.70. The van der Waals surface area contributed by atoms with Crippen LogP contribution in [0.1, 0.15) is 39.5 Å². The van der Waals surface area contributed by atoms with Crippen LogP contribution in [0.3, 0.4) is 0 Å². The highest BCUT2D eigenvalue weighted by atomic mass is 16.2. The van der Waals surface area contributed by atoms with Crippen LogP contribution in [0.4, 0.5) is 0 Å². The van der Waals surface area contributed by atoms with Gasteiger partial charge in [0.25, 0.3) is 0 Å². The van der Waals surface area contributed by atoms with E-state index in [-0.39, 0.29) is 24.3 Å². The second-order valence-electron chi connectivity index (χ2n) is 6.66. The molecule has 2 saturated carbocycles. The van der Waals surface area contributed by atoms with Crippen molar-refractivity contribution in [3.63, 3.8) is 0 Å². The zero-order valence-corrected chi connectivity index (χ0v) is 12.8. The van der Waals surface area contributed by atoms with E-state index in [1.54, 1.807) is 0 Å². The largest absolute Gasteiger partial charge is 0.346 e. The molecule has 20 heavy (non-hydrogen) atoms. The predicted molar refractivity (Wildman–Crippen MR) is 77.8 cm³/mol. The van der Waals surface area contributed by atoms with Crippen molar-refractivity contribution in [2.75, 3.05) is 13.6 Å². The number of rotatable bonds is 7. The topological polar surface area (TPSA) is 75.4 Å². The Morgan fingerprint density at radius 3 is 2.10 bits per heavy atom. The van der Waals surface area contributed by atoms with E-state index in [4.69, 9.17) is 5.73 Å². The molecule has 0 heterocycles. The summed E-state index contributed by atoms with van der Waals surface area (Å²) in [5.41, 5.74) is 5.76. The van der Waals surface area contributed by atoms with Crippen LogP contribution in [-0.4, -0.2) is 42.4 Å². The van der Waals surface area contributed by atoms with Crippen LogP contribution < -0.4 is 11.1 Å². The minimum atomic E-state index is -0.546. The van der Waals surface area contributed by atoms with Crippen molar-refractivity contribution in [1.82, 2.24) is 10.2 Å². The Hall–Kier alpha value is -1.10. The molecule has 1 atom stereocenters. The van der Waals surface area contributed by atoms with Crippen LogP contribution in [-0.2, 0) is 9.59 Å². The number of hydrogen-bond donors (Lipinski definition) is 2. The van der Waals surface area contributed by atoms with Gasteiger partial charge in [0.2, 0.25) is 11.8 Å². The number of carbonyl (C=O) groups excluding carboxylic acids is 2. The van der Waals surface area contributed by atoms with Gasteiger partial charge < -0.3 is 16.0 Å². The Morgan fingerprint density at radius 2 is 1.70 bits per heavy atom. The molecule has 0 radical (unpaired) electrons. The maximum Gasteiger partial charge on any atom is 0.241 e. The molecular formula is C15H27N3O2. The quantitative estimate of drug-likeness (QED) is 0.722.